The molecular weight excluding hydrogens is 200 g/mol. The van der Waals surface area contributed by atoms with Gasteiger partial charge >= 0.3 is 0 Å². The molecule has 0 aromatic rings. The van der Waals surface area contributed by atoms with Gasteiger partial charge in [-0.25, -0.2) is 0 Å². The highest BCUT2D eigenvalue weighted by Gasteiger charge is 2.42. The quantitative estimate of drug-likeness (QED) is 0.727. The van der Waals surface area contributed by atoms with Crippen LogP contribution in [0.3, 0.4) is 0 Å². The first-order valence-electron chi connectivity index (χ1n) is 6.79. The maximum absolute atomic E-state index is 12.1. The Bertz CT molecular complexity index is 280. The van der Waals surface area contributed by atoms with E-state index in [-0.39, 0.29) is 0 Å². The van der Waals surface area contributed by atoms with Gasteiger partial charge in [-0.2, -0.15) is 0 Å². The molecule has 16 heavy (non-hydrogen) atoms. The van der Waals surface area contributed by atoms with E-state index >= 15 is 0 Å². The Hall–Kier alpha value is -0.570. The van der Waals surface area contributed by atoms with Gasteiger partial charge < -0.3 is 10.2 Å². The SMILES string of the molecule is O=C(C1CNC1)N1CCC2(CCCCC2)C1. The third kappa shape index (κ3) is 1.75. The van der Waals surface area contributed by atoms with Gasteiger partial charge in [-0.15, -0.1) is 0 Å². The van der Waals surface area contributed by atoms with Crippen LogP contribution in [0.15, 0.2) is 0 Å². The van der Waals surface area contributed by atoms with E-state index in [0.717, 1.165) is 26.2 Å². The molecule has 1 N–H and O–H groups in total. The molecule has 1 aliphatic carbocycles. The first-order chi connectivity index (χ1) is 7.79. The summed E-state index contributed by atoms with van der Waals surface area (Å²) in [5, 5.41) is 3.19. The van der Waals surface area contributed by atoms with E-state index in [9.17, 15) is 4.79 Å². The van der Waals surface area contributed by atoms with E-state index < -0.39 is 0 Å². The minimum atomic E-state index is 0.291. The summed E-state index contributed by atoms with van der Waals surface area (Å²) in [5.41, 5.74) is 0.519. The summed E-state index contributed by atoms with van der Waals surface area (Å²) >= 11 is 0. The molecule has 3 aliphatic rings. The van der Waals surface area contributed by atoms with Crippen LogP contribution in [0.2, 0.25) is 0 Å². The van der Waals surface area contributed by atoms with Crippen molar-refractivity contribution in [1.82, 2.24) is 10.2 Å². The van der Waals surface area contributed by atoms with E-state index in [1.54, 1.807) is 0 Å². The van der Waals surface area contributed by atoms with Crippen molar-refractivity contribution in [2.24, 2.45) is 11.3 Å². The van der Waals surface area contributed by atoms with Crippen molar-refractivity contribution in [1.29, 1.82) is 0 Å². The fourth-order valence-corrected chi connectivity index (χ4v) is 3.55. The van der Waals surface area contributed by atoms with Crippen LogP contribution in [0.4, 0.5) is 0 Å². The van der Waals surface area contributed by atoms with Gasteiger partial charge in [0.1, 0.15) is 0 Å². The molecule has 0 aromatic heterocycles. The number of amides is 1. The van der Waals surface area contributed by atoms with Crippen molar-refractivity contribution < 1.29 is 4.79 Å². The molecule has 0 unspecified atom stereocenters. The predicted octanol–water partition coefficient (Wildman–Crippen LogP) is 1.39. The van der Waals surface area contributed by atoms with Gasteiger partial charge in [-0.3, -0.25) is 4.79 Å². The highest BCUT2D eigenvalue weighted by molar-refractivity contribution is 5.80. The lowest BCUT2D eigenvalue weighted by atomic mass is 9.73. The Morgan fingerprint density at radius 3 is 2.50 bits per heavy atom. The lowest BCUT2D eigenvalue weighted by molar-refractivity contribution is -0.136. The highest BCUT2D eigenvalue weighted by atomic mass is 16.2. The predicted molar refractivity (Wildman–Crippen MR) is 63.1 cm³/mol. The first-order valence-corrected chi connectivity index (χ1v) is 6.79. The average Bonchev–Trinajstić information content (AvgIpc) is 2.61. The molecule has 1 spiro atoms. The monoisotopic (exact) mass is 222 g/mol. The largest absolute Gasteiger partial charge is 0.342 e. The highest BCUT2D eigenvalue weighted by Crippen LogP contribution is 2.43. The average molecular weight is 222 g/mol. The smallest absolute Gasteiger partial charge is 0.228 e. The lowest BCUT2D eigenvalue weighted by Crippen LogP contribution is -2.51. The molecule has 90 valence electrons. The summed E-state index contributed by atoms with van der Waals surface area (Å²) in [6, 6.07) is 0. The molecule has 1 saturated carbocycles. The standard InChI is InChI=1S/C13H22N2O/c16-12(11-8-14-9-11)15-7-6-13(10-15)4-2-1-3-5-13/h11,14H,1-10H2. The van der Waals surface area contributed by atoms with Crippen molar-refractivity contribution >= 4 is 5.91 Å². The summed E-state index contributed by atoms with van der Waals surface area (Å²) in [4.78, 5) is 14.3. The molecule has 0 aromatic carbocycles. The minimum Gasteiger partial charge on any atom is -0.342 e. The van der Waals surface area contributed by atoms with E-state index in [4.69, 9.17) is 0 Å². The second-order valence-corrected chi connectivity index (χ2v) is 5.93. The summed E-state index contributed by atoms with van der Waals surface area (Å²) in [6.07, 6.45) is 8.15. The molecule has 3 nitrogen and oxygen atoms in total. The second-order valence-electron chi connectivity index (χ2n) is 5.93. The van der Waals surface area contributed by atoms with E-state index in [1.807, 2.05) is 0 Å². The van der Waals surface area contributed by atoms with Crippen molar-refractivity contribution in [3.63, 3.8) is 0 Å². The van der Waals surface area contributed by atoms with E-state index in [1.165, 1.54) is 38.5 Å². The Kier molecular flexibility index (Phi) is 2.66. The molecule has 2 heterocycles. The summed E-state index contributed by atoms with van der Waals surface area (Å²) in [7, 11) is 0. The summed E-state index contributed by atoms with van der Waals surface area (Å²) in [5.74, 6) is 0.708. The molecular formula is C13H22N2O. The van der Waals surface area contributed by atoms with Crippen molar-refractivity contribution in [3.8, 4) is 0 Å². The maximum atomic E-state index is 12.1. The normalized spacial score (nSPS) is 29.4. The number of hydrogen-bond donors (Lipinski definition) is 1. The van der Waals surface area contributed by atoms with Gasteiger partial charge in [0, 0.05) is 26.2 Å². The van der Waals surface area contributed by atoms with Gasteiger partial charge in [0.25, 0.3) is 0 Å². The zero-order valence-corrected chi connectivity index (χ0v) is 10.0. The summed E-state index contributed by atoms with van der Waals surface area (Å²) in [6.45, 7) is 3.89. The second kappa shape index (κ2) is 4.02. The topological polar surface area (TPSA) is 32.3 Å². The zero-order valence-electron chi connectivity index (χ0n) is 10.0. The van der Waals surface area contributed by atoms with Gasteiger partial charge in [-0.1, -0.05) is 19.3 Å². The van der Waals surface area contributed by atoms with Gasteiger partial charge in [0.2, 0.25) is 5.91 Å². The van der Waals surface area contributed by atoms with E-state index in [2.05, 4.69) is 10.2 Å². The van der Waals surface area contributed by atoms with Crippen LogP contribution >= 0.6 is 0 Å². The van der Waals surface area contributed by atoms with Crippen molar-refractivity contribution in [2.45, 2.75) is 38.5 Å². The molecule has 2 saturated heterocycles. The third-order valence-electron chi connectivity index (χ3n) is 4.79. The fraction of sp³-hybridized carbons (Fsp3) is 0.923. The van der Waals surface area contributed by atoms with Crippen molar-refractivity contribution in [2.75, 3.05) is 26.2 Å². The third-order valence-corrected chi connectivity index (χ3v) is 4.79. The number of nitrogens with zero attached hydrogens (tertiary/aromatic N) is 1. The van der Waals surface area contributed by atoms with Crippen LogP contribution in [-0.4, -0.2) is 37.0 Å². The Morgan fingerprint density at radius 2 is 1.88 bits per heavy atom. The van der Waals surface area contributed by atoms with Gasteiger partial charge in [-0.05, 0) is 24.7 Å². The van der Waals surface area contributed by atoms with Gasteiger partial charge in [0.05, 0.1) is 5.92 Å². The molecule has 0 atom stereocenters. The minimum absolute atomic E-state index is 0.291. The Morgan fingerprint density at radius 1 is 1.12 bits per heavy atom. The maximum Gasteiger partial charge on any atom is 0.228 e. The van der Waals surface area contributed by atoms with Crippen LogP contribution in [0.5, 0.6) is 0 Å². The number of rotatable bonds is 1. The number of nitrogens with one attached hydrogen (secondary N) is 1. The molecule has 3 fully saturated rings. The molecule has 0 bridgehead atoms. The number of carbonyl (C=O) groups excluding carboxylic acids is 1. The van der Waals surface area contributed by atoms with Crippen LogP contribution in [0, 0.1) is 11.3 Å². The van der Waals surface area contributed by atoms with Crippen LogP contribution in [0.1, 0.15) is 38.5 Å². The molecule has 0 radical (unpaired) electrons. The first kappa shape index (κ1) is 10.6. The molecule has 3 rings (SSSR count). The number of hydrogen-bond acceptors (Lipinski definition) is 2. The van der Waals surface area contributed by atoms with Gasteiger partial charge in [0.15, 0.2) is 0 Å². The fourth-order valence-electron chi connectivity index (χ4n) is 3.55. The molecule has 3 heteroatoms. The number of carbonyl (C=O) groups is 1. The van der Waals surface area contributed by atoms with Crippen LogP contribution in [-0.2, 0) is 4.79 Å². The molecule has 2 aliphatic heterocycles. The van der Waals surface area contributed by atoms with Crippen LogP contribution < -0.4 is 5.32 Å². The summed E-state index contributed by atoms with van der Waals surface area (Å²) < 4.78 is 0. The Labute approximate surface area is 97.6 Å². The van der Waals surface area contributed by atoms with E-state index in [0.29, 0.717) is 17.2 Å². The van der Waals surface area contributed by atoms with Crippen molar-refractivity contribution in [3.05, 3.63) is 0 Å². The number of likely N-dealkylation sites (tertiary alicyclic amines) is 1. The van der Waals surface area contributed by atoms with Crippen LogP contribution in [0.25, 0.3) is 0 Å². The Balaban J connectivity index is 1.61. The lowest BCUT2D eigenvalue weighted by Gasteiger charge is -2.35. The zero-order chi connectivity index (χ0) is 11.0. The molecule has 1 amide bonds.